The second-order valence-corrected chi connectivity index (χ2v) is 10.6. The lowest BCUT2D eigenvalue weighted by atomic mass is 9.90. The first kappa shape index (κ1) is 28.7. The Morgan fingerprint density at radius 3 is 2.69 bits per heavy atom. The molecule has 214 valence electrons. The number of aromatic nitrogens is 1. The molecule has 1 saturated heterocycles. The summed E-state index contributed by atoms with van der Waals surface area (Å²) in [6.45, 7) is 10.6. The van der Waals surface area contributed by atoms with Crippen LogP contribution in [0.1, 0.15) is 29.9 Å². The molecule has 1 atom stereocenters. The van der Waals surface area contributed by atoms with Crippen molar-refractivity contribution in [3.63, 3.8) is 0 Å². The fourth-order valence-corrected chi connectivity index (χ4v) is 5.66. The smallest absolute Gasteiger partial charge is 0.255 e. The lowest BCUT2D eigenvalue weighted by Crippen LogP contribution is -2.36. The van der Waals surface area contributed by atoms with Crippen LogP contribution >= 0.6 is 0 Å². The summed E-state index contributed by atoms with van der Waals surface area (Å²) in [4.78, 5) is 18.8. The number of nitrogen functional groups attached to an aromatic ring is 1. The van der Waals surface area contributed by atoms with E-state index in [0.717, 1.165) is 47.2 Å². The van der Waals surface area contributed by atoms with E-state index in [2.05, 4.69) is 64.1 Å². The average Bonchev–Trinajstić information content (AvgIpc) is 3.50. The molecule has 4 aromatic rings. The Bertz CT molecular complexity index is 1650. The van der Waals surface area contributed by atoms with Crippen molar-refractivity contribution in [1.82, 2.24) is 9.88 Å². The van der Waals surface area contributed by atoms with Gasteiger partial charge in [-0.15, -0.1) is 0 Å². The zero-order valence-electron chi connectivity index (χ0n) is 23.8. The van der Waals surface area contributed by atoms with Gasteiger partial charge in [-0.25, -0.2) is 0 Å². The second-order valence-electron chi connectivity index (χ2n) is 10.6. The van der Waals surface area contributed by atoms with Gasteiger partial charge >= 0.3 is 0 Å². The third-order valence-electron chi connectivity index (χ3n) is 7.78. The number of hydrogen-bond acceptors (Lipinski definition) is 5. The van der Waals surface area contributed by atoms with Crippen molar-refractivity contribution in [1.29, 1.82) is 0 Å². The number of allylic oxidation sites excluding steroid dienone is 2. The molecule has 5 rings (SSSR count). The molecule has 1 amide bonds. The van der Waals surface area contributed by atoms with E-state index in [1.54, 1.807) is 18.2 Å². The zero-order valence-corrected chi connectivity index (χ0v) is 23.8. The van der Waals surface area contributed by atoms with Crippen molar-refractivity contribution in [2.45, 2.75) is 18.8 Å². The predicted octanol–water partition coefficient (Wildman–Crippen LogP) is 6.54. The second kappa shape index (κ2) is 13.2. The van der Waals surface area contributed by atoms with Crippen LogP contribution in [-0.2, 0) is 4.79 Å². The number of H-pyrrole nitrogens is 1. The first-order valence-electron chi connectivity index (χ1n) is 14.2. The standard InChI is InChI=1S/C35H38N6O/c1-3-29-33(20-27(21-34(29)40-37)30-15-8-16-32-31(30)17-18-38-32)39-35(42)24(2)10-7-14-28(36)23-41-19-9-13-26(22-41)25-11-5-4-6-12-25/h3-8,10-12,14-18,20-21,26,38,40H,1-2,9,13,19,22-23,36-37H2,(H,39,42)/b10-7-,28-14-. The summed E-state index contributed by atoms with van der Waals surface area (Å²) >= 11 is 0. The Labute approximate surface area is 247 Å². The number of fused-ring (bicyclic) bond motifs is 1. The molecular formula is C35H38N6O. The van der Waals surface area contributed by atoms with Crippen LogP contribution in [0.3, 0.4) is 0 Å². The van der Waals surface area contributed by atoms with Gasteiger partial charge in [0.1, 0.15) is 0 Å². The molecule has 7 heteroatoms. The molecule has 42 heavy (non-hydrogen) atoms. The van der Waals surface area contributed by atoms with Crippen molar-refractivity contribution < 1.29 is 4.79 Å². The summed E-state index contributed by atoms with van der Waals surface area (Å²) in [6.07, 6.45) is 11.2. The van der Waals surface area contributed by atoms with Gasteiger partial charge in [-0.05, 0) is 78.4 Å². The predicted molar refractivity (Wildman–Crippen MR) is 176 cm³/mol. The third kappa shape index (κ3) is 6.54. The number of aromatic amines is 1. The molecule has 1 fully saturated rings. The number of piperidine rings is 1. The van der Waals surface area contributed by atoms with E-state index in [-0.39, 0.29) is 5.91 Å². The molecule has 7 N–H and O–H groups in total. The quantitative estimate of drug-likeness (QED) is 0.0657. The molecule has 1 aliphatic heterocycles. The van der Waals surface area contributed by atoms with E-state index in [1.807, 2.05) is 48.7 Å². The van der Waals surface area contributed by atoms with E-state index in [9.17, 15) is 4.79 Å². The highest BCUT2D eigenvalue weighted by Crippen LogP contribution is 2.36. The average molecular weight is 559 g/mol. The highest BCUT2D eigenvalue weighted by molar-refractivity contribution is 6.08. The lowest BCUT2D eigenvalue weighted by molar-refractivity contribution is -0.112. The minimum Gasteiger partial charge on any atom is -0.401 e. The molecule has 1 aliphatic rings. The third-order valence-corrected chi connectivity index (χ3v) is 7.78. The van der Waals surface area contributed by atoms with Crippen molar-refractivity contribution in [2.24, 2.45) is 11.6 Å². The molecular weight excluding hydrogens is 520 g/mol. The number of amides is 1. The molecule has 0 aliphatic carbocycles. The van der Waals surface area contributed by atoms with Crippen LogP contribution in [0.25, 0.3) is 28.1 Å². The van der Waals surface area contributed by atoms with Crippen molar-refractivity contribution in [3.05, 3.63) is 127 Å². The van der Waals surface area contributed by atoms with Crippen LogP contribution in [-0.4, -0.2) is 35.4 Å². The summed E-state index contributed by atoms with van der Waals surface area (Å²) in [7, 11) is 0. The van der Waals surface area contributed by atoms with E-state index in [4.69, 9.17) is 11.6 Å². The van der Waals surface area contributed by atoms with E-state index >= 15 is 0 Å². The number of nitrogens with one attached hydrogen (secondary N) is 3. The Morgan fingerprint density at radius 2 is 1.90 bits per heavy atom. The molecule has 1 aromatic heterocycles. The van der Waals surface area contributed by atoms with Gasteiger partial charge in [-0.3, -0.25) is 15.5 Å². The maximum Gasteiger partial charge on any atom is 0.255 e. The molecule has 1 unspecified atom stereocenters. The number of anilines is 2. The lowest BCUT2D eigenvalue weighted by Gasteiger charge is -2.33. The van der Waals surface area contributed by atoms with E-state index < -0.39 is 0 Å². The summed E-state index contributed by atoms with van der Waals surface area (Å²) in [5.74, 6) is 6.05. The maximum atomic E-state index is 13.1. The fraction of sp³-hybridized carbons (Fsp3) is 0.171. The van der Waals surface area contributed by atoms with Gasteiger partial charge in [0.25, 0.3) is 5.91 Å². The Morgan fingerprint density at radius 1 is 1.10 bits per heavy atom. The largest absolute Gasteiger partial charge is 0.401 e. The van der Waals surface area contributed by atoms with Gasteiger partial charge in [0, 0.05) is 47.0 Å². The van der Waals surface area contributed by atoms with Crippen LogP contribution in [0.5, 0.6) is 0 Å². The summed E-state index contributed by atoms with van der Waals surface area (Å²) < 4.78 is 0. The van der Waals surface area contributed by atoms with Gasteiger partial charge in [-0.2, -0.15) is 0 Å². The Hall–Kier alpha value is -4.85. The summed E-state index contributed by atoms with van der Waals surface area (Å²) in [5.41, 5.74) is 16.4. The fourth-order valence-electron chi connectivity index (χ4n) is 5.66. The number of carbonyl (C=O) groups is 1. The molecule has 2 heterocycles. The number of hydrazine groups is 1. The Balaban J connectivity index is 1.26. The normalized spacial score (nSPS) is 16.0. The minimum absolute atomic E-state index is 0.302. The minimum atomic E-state index is -0.331. The number of nitrogens with zero attached hydrogens (tertiary/aromatic N) is 1. The van der Waals surface area contributed by atoms with E-state index in [0.29, 0.717) is 35.0 Å². The highest BCUT2D eigenvalue weighted by Gasteiger charge is 2.21. The summed E-state index contributed by atoms with van der Waals surface area (Å²) in [6, 6.07) is 22.6. The molecule has 7 nitrogen and oxygen atoms in total. The molecule has 0 spiro atoms. The van der Waals surface area contributed by atoms with Crippen molar-refractivity contribution >= 4 is 34.3 Å². The van der Waals surface area contributed by atoms with Crippen LogP contribution in [0.2, 0.25) is 0 Å². The zero-order chi connectivity index (χ0) is 29.5. The number of benzene rings is 3. The number of hydrogen-bond donors (Lipinski definition) is 5. The highest BCUT2D eigenvalue weighted by atomic mass is 16.1. The van der Waals surface area contributed by atoms with Gasteiger partial charge in [0.2, 0.25) is 0 Å². The molecule has 0 saturated carbocycles. The Kier molecular flexibility index (Phi) is 9.02. The topological polar surface area (TPSA) is 112 Å². The maximum absolute atomic E-state index is 13.1. The molecule has 3 aromatic carbocycles. The number of rotatable bonds is 10. The van der Waals surface area contributed by atoms with Crippen LogP contribution in [0.4, 0.5) is 11.4 Å². The molecule has 0 radical (unpaired) electrons. The number of carbonyl (C=O) groups excluding carboxylic acids is 1. The van der Waals surface area contributed by atoms with Crippen LogP contribution in [0.15, 0.2) is 116 Å². The first-order chi connectivity index (χ1) is 20.5. The van der Waals surface area contributed by atoms with Gasteiger partial charge < -0.3 is 21.5 Å². The van der Waals surface area contributed by atoms with Crippen molar-refractivity contribution in [2.75, 3.05) is 30.4 Å². The van der Waals surface area contributed by atoms with Gasteiger partial charge in [0.15, 0.2) is 0 Å². The van der Waals surface area contributed by atoms with Crippen LogP contribution < -0.4 is 22.3 Å². The molecule has 0 bridgehead atoms. The first-order valence-corrected chi connectivity index (χ1v) is 14.2. The van der Waals surface area contributed by atoms with Gasteiger partial charge in [-0.1, -0.05) is 67.8 Å². The van der Waals surface area contributed by atoms with Crippen molar-refractivity contribution in [3.8, 4) is 11.1 Å². The monoisotopic (exact) mass is 558 g/mol. The summed E-state index contributed by atoms with van der Waals surface area (Å²) in [5, 5.41) is 4.06. The van der Waals surface area contributed by atoms with E-state index in [1.165, 1.54) is 12.0 Å². The SMILES string of the molecule is C=Cc1c(NN)cc(-c2cccc3[nH]ccc23)cc1NC(=O)C(=C)/C=C\C=C(/N)CN1CCCC(c2ccccc2)C1. The number of nitrogens with two attached hydrogens (primary N) is 2. The number of likely N-dealkylation sites (tertiary alicyclic amines) is 1. The van der Waals surface area contributed by atoms with Gasteiger partial charge in [0.05, 0.1) is 11.4 Å². The van der Waals surface area contributed by atoms with Crippen LogP contribution in [0, 0.1) is 0 Å².